The maximum Gasteiger partial charge on any atom is 0.442 e. The molecule has 0 atom stereocenters. The number of ketones is 1. The number of rotatable bonds is 6. The van der Waals surface area contributed by atoms with Crippen LogP contribution in [0.4, 0.5) is 5.69 Å². The average Bonchev–Trinajstić information content (AvgIpc) is 3.02. The van der Waals surface area contributed by atoms with Gasteiger partial charge in [-0.1, -0.05) is 18.2 Å². The van der Waals surface area contributed by atoms with Crippen LogP contribution in [-0.2, 0) is 4.79 Å². The molecule has 0 saturated heterocycles. The highest BCUT2D eigenvalue weighted by atomic mass is 32.2. The molecule has 0 saturated carbocycles. The summed E-state index contributed by atoms with van der Waals surface area (Å²) in [4.78, 5) is 35.3. The number of anilines is 1. The molecule has 0 aliphatic carbocycles. The quantitative estimate of drug-likeness (QED) is 0.394. The zero-order valence-corrected chi connectivity index (χ0v) is 14.7. The Morgan fingerprint density at radius 2 is 1.81 bits per heavy atom. The van der Waals surface area contributed by atoms with Gasteiger partial charge in [0.05, 0.1) is 5.75 Å². The second kappa shape index (κ2) is 7.83. The first-order chi connectivity index (χ1) is 12.5. The number of H-pyrrole nitrogens is 1. The zero-order valence-electron chi connectivity index (χ0n) is 13.9. The second-order valence-electron chi connectivity index (χ2n) is 5.43. The van der Waals surface area contributed by atoms with E-state index in [2.05, 4.69) is 10.6 Å². The molecule has 3 rings (SSSR count). The van der Waals surface area contributed by atoms with Gasteiger partial charge in [0.1, 0.15) is 0 Å². The van der Waals surface area contributed by atoms with Gasteiger partial charge in [0.25, 0.3) is 0 Å². The highest BCUT2D eigenvalue weighted by molar-refractivity contribution is 7.99. The number of hydrogen-bond donors (Lipinski definition) is 2. The van der Waals surface area contributed by atoms with Crippen LogP contribution in [0.3, 0.4) is 0 Å². The molecular weight excluding hydrogens is 354 g/mol. The van der Waals surface area contributed by atoms with Crippen LogP contribution in [0.2, 0.25) is 0 Å². The number of carbonyl (C=O) groups is 2. The average molecular weight is 370 g/mol. The summed E-state index contributed by atoms with van der Waals surface area (Å²) in [5, 5.41) is 5.53. The number of nitrogens with zero attached hydrogens (tertiary/aromatic N) is 1. The lowest BCUT2D eigenvalue weighted by Gasteiger charge is -2.04. The van der Waals surface area contributed by atoms with Gasteiger partial charge in [-0.2, -0.15) is 0 Å². The van der Waals surface area contributed by atoms with E-state index in [1.165, 1.54) is 11.6 Å². The molecule has 0 bridgehead atoms. The normalized spacial score (nSPS) is 10.5. The number of hydrogen-bond acceptors (Lipinski definition) is 5. The molecule has 26 heavy (non-hydrogen) atoms. The fourth-order valence-corrected chi connectivity index (χ4v) is 3.02. The molecule has 1 aromatic heterocycles. The fraction of sp³-hybridized carbons (Fsp3) is 0.111. The number of amides is 1. The van der Waals surface area contributed by atoms with Crippen molar-refractivity contribution in [3.8, 4) is 5.69 Å². The molecule has 0 aliphatic rings. The van der Waals surface area contributed by atoms with E-state index in [0.29, 0.717) is 11.3 Å². The van der Waals surface area contributed by atoms with Gasteiger partial charge in [-0.15, -0.1) is 0 Å². The molecule has 0 radical (unpaired) electrons. The molecule has 0 fully saturated rings. The number of benzene rings is 2. The van der Waals surface area contributed by atoms with Crippen LogP contribution >= 0.6 is 11.8 Å². The SMILES string of the molecule is CC(=O)c1ccc(NC(=O)CSc2c(=O)o[nH][n+]2-c2ccccc2)cc1. The smallest absolute Gasteiger partial charge is 0.325 e. The van der Waals surface area contributed by atoms with Crippen LogP contribution in [0.15, 0.2) is 68.9 Å². The molecule has 3 aromatic rings. The monoisotopic (exact) mass is 370 g/mol. The molecule has 1 heterocycles. The maximum absolute atomic E-state index is 12.1. The van der Waals surface area contributed by atoms with Gasteiger partial charge >= 0.3 is 10.7 Å². The fourth-order valence-electron chi connectivity index (χ4n) is 2.25. The second-order valence-corrected chi connectivity index (χ2v) is 6.39. The number of nitrogens with one attached hydrogen (secondary N) is 2. The number of aromatic amines is 1. The lowest BCUT2D eigenvalue weighted by molar-refractivity contribution is -0.704. The summed E-state index contributed by atoms with van der Waals surface area (Å²) in [6, 6.07) is 15.8. The summed E-state index contributed by atoms with van der Waals surface area (Å²) in [5.41, 5.74) is 1.34. The van der Waals surface area contributed by atoms with Gasteiger partial charge in [-0.05, 0) is 52.9 Å². The molecule has 2 aromatic carbocycles. The van der Waals surface area contributed by atoms with E-state index in [-0.39, 0.29) is 22.5 Å². The van der Waals surface area contributed by atoms with Crippen molar-refractivity contribution in [3.05, 3.63) is 70.6 Å². The molecule has 2 N–H and O–H groups in total. The van der Waals surface area contributed by atoms with Crippen LogP contribution in [0.1, 0.15) is 17.3 Å². The molecule has 1 amide bonds. The Kier molecular flexibility index (Phi) is 5.33. The van der Waals surface area contributed by atoms with E-state index >= 15 is 0 Å². The van der Waals surface area contributed by atoms with Crippen molar-refractivity contribution < 1.29 is 18.8 Å². The van der Waals surface area contributed by atoms with Gasteiger partial charge in [-0.25, -0.2) is 4.79 Å². The third-order valence-electron chi connectivity index (χ3n) is 3.54. The Morgan fingerprint density at radius 1 is 1.12 bits per heavy atom. The summed E-state index contributed by atoms with van der Waals surface area (Å²) in [5.74, 6) is -0.280. The molecule has 132 valence electrons. The Balaban J connectivity index is 1.66. The van der Waals surface area contributed by atoms with Crippen LogP contribution in [0.5, 0.6) is 0 Å². The highest BCUT2D eigenvalue weighted by Crippen LogP contribution is 2.14. The predicted molar refractivity (Wildman–Crippen MR) is 96.7 cm³/mol. The molecule has 0 aliphatic heterocycles. The van der Waals surface area contributed by atoms with E-state index in [9.17, 15) is 14.4 Å². The van der Waals surface area contributed by atoms with E-state index in [4.69, 9.17) is 4.52 Å². The summed E-state index contributed by atoms with van der Waals surface area (Å²) in [6.07, 6.45) is 0. The van der Waals surface area contributed by atoms with Crippen LogP contribution in [-0.4, -0.2) is 22.7 Å². The minimum Gasteiger partial charge on any atom is -0.325 e. The molecule has 7 nitrogen and oxygen atoms in total. The number of thioether (sulfide) groups is 1. The molecular formula is C18H16N3O4S+. The van der Waals surface area contributed by atoms with E-state index in [1.807, 2.05) is 30.3 Å². The molecule has 0 unspecified atom stereocenters. The summed E-state index contributed by atoms with van der Waals surface area (Å²) in [6.45, 7) is 1.48. The van der Waals surface area contributed by atoms with Crippen LogP contribution in [0.25, 0.3) is 5.69 Å². The van der Waals surface area contributed by atoms with Crippen molar-refractivity contribution in [1.29, 1.82) is 0 Å². The Morgan fingerprint density at radius 3 is 2.46 bits per heavy atom. The van der Waals surface area contributed by atoms with Crippen LogP contribution in [0, 0.1) is 0 Å². The number of aromatic nitrogens is 2. The van der Waals surface area contributed by atoms with Crippen molar-refractivity contribution >= 4 is 29.1 Å². The van der Waals surface area contributed by atoms with E-state index in [1.54, 1.807) is 24.3 Å². The summed E-state index contributed by atoms with van der Waals surface area (Å²) in [7, 11) is 0. The van der Waals surface area contributed by atoms with Crippen LogP contribution < -0.4 is 15.6 Å². The Labute approximate surface area is 153 Å². The third-order valence-corrected chi connectivity index (χ3v) is 4.57. The van der Waals surface area contributed by atoms with E-state index < -0.39 is 5.63 Å². The predicted octanol–water partition coefficient (Wildman–Crippen LogP) is 2.18. The molecule has 0 spiro atoms. The Bertz CT molecular complexity index is 978. The number of carbonyl (C=O) groups excluding carboxylic acids is 2. The summed E-state index contributed by atoms with van der Waals surface area (Å²) >= 11 is 1.07. The van der Waals surface area contributed by atoms with Crippen molar-refractivity contribution in [2.75, 3.05) is 11.1 Å². The van der Waals surface area contributed by atoms with Gasteiger partial charge in [0, 0.05) is 23.4 Å². The van der Waals surface area contributed by atoms with Crippen molar-refractivity contribution in [2.45, 2.75) is 11.9 Å². The number of para-hydroxylation sites is 1. The minimum atomic E-state index is -0.544. The highest BCUT2D eigenvalue weighted by Gasteiger charge is 2.24. The first-order valence-electron chi connectivity index (χ1n) is 7.77. The number of Topliss-reactive ketones (excluding diaryl/α,β-unsaturated/α-hetero) is 1. The lowest BCUT2D eigenvalue weighted by atomic mass is 10.1. The topological polar surface area (TPSA) is 96.0 Å². The van der Waals surface area contributed by atoms with Gasteiger partial charge in [0.2, 0.25) is 11.6 Å². The summed E-state index contributed by atoms with van der Waals surface area (Å²) < 4.78 is 6.32. The first-order valence-corrected chi connectivity index (χ1v) is 8.76. The van der Waals surface area contributed by atoms with E-state index in [0.717, 1.165) is 17.4 Å². The zero-order chi connectivity index (χ0) is 18.5. The van der Waals surface area contributed by atoms with Gasteiger partial charge < -0.3 is 5.32 Å². The van der Waals surface area contributed by atoms with Gasteiger partial charge in [-0.3, -0.25) is 14.1 Å². The van der Waals surface area contributed by atoms with Gasteiger partial charge in [0.15, 0.2) is 5.78 Å². The third kappa shape index (κ3) is 4.09. The molecule has 8 heteroatoms. The van der Waals surface area contributed by atoms with Crippen molar-refractivity contribution in [3.63, 3.8) is 0 Å². The largest absolute Gasteiger partial charge is 0.442 e. The van der Waals surface area contributed by atoms with Crippen molar-refractivity contribution in [2.24, 2.45) is 0 Å². The maximum atomic E-state index is 12.1. The Hall–Kier alpha value is -3.13. The lowest BCUT2D eigenvalue weighted by Crippen LogP contribution is -2.36. The first kappa shape index (κ1) is 17.7. The van der Waals surface area contributed by atoms with Crippen molar-refractivity contribution in [1.82, 2.24) is 5.27 Å². The minimum absolute atomic E-state index is 0.0317. The standard InChI is InChI=1S/C18H15N3O4S/c1-12(22)13-7-9-14(10-8-13)19-16(23)11-26-17-18(24)25-20-21(17)15-5-3-2-4-6-15/h2-10H,11H2,1H3,(H-,19,20,22,23,24)/p+1.